The molecule has 7 heteroatoms. The van der Waals surface area contributed by atoms with Crippen LogP contribution in [0.3, 0.4) is 0 Å². The topological polar surface area (TPSA) is 67.0 Å². The fourth-order valence-corrected chi connectivity index (χ4v) is 3.85. The number of nitrogens with two attached hydrogens (primary N) is 1. The van der Waals surface area contributed by atoms with Gasteiger partial charge in [0.2, 0.25) is 0 Å². The summed E-state index contributed by atoms with van der Waals surface area (Å²) in [7, 11) is 0. The van der Waals surface area contributed by atoms with E-state index < -0.39 is 0 Å². The van der Waals surface area contributed by atoms with Crippen LogP contribution in [0.1, 0.15) is 5.56 Å². The predicted molar refractivity (Wildman–Crippen MR) is 97.0 cm³/mol. The summed E-state index contributed by atoms with van der Waals surface area (Å²) in [6.45, 7) is 4.21. The fraction of sp³-hybridized carbons (Fsp3) is 0.412. The number of guanidine groups is 1. The zero-order chi connectivity index (χ0) is 16.4. The molecule has 2 N–H and O–H groups in total. The molecular formula is C17H21N5OS. The molecule has 1 saturated heterocycles. The highest BCUT2D eigenvalue weighted by Gasteiger charge is 2.23. The molecule has 0 aliphatic carbocycles. The highest BCUT2D eigenvalue weighted by Crippen LogP contribution is 2.28. The van der Waals surface area contributed by atoms with Gasteiger partial charge in [-0.25, -0.2) is 9.98 Å². The van der Waals surface area contributed by atoms with Gasteiger partial charge in [-0.15, -0.1) is 11.3 Å². The highest BCUT2D eigenvalue weighted by atomic mass is 32.1. The van der Waals surface area contributed by atoms with E-state index in [9.17, 15) is 0 Å². The maximum absolute atomic E-state index is 6.18. The van der Waals surface area contributed by atoms with Gasteiger partial charge in [0.05, 0.1) is 6.54 Å². The Morgan fingerprint density at radius 2 is 2.12 bits per heavy atom. The smallest absolute Gasteiger partial charge is 0.191 e. The van der Waals surface area contributed by atoms with Gasteiger partial charge in [0, 0.05) is 44.2 Å². The molecule has 0 saturated carbocycles. The number of anilines is 1. The maximum atomic E-state index is 6.18. The summed E-state index contributed by atoms with van der Waals surface area (Å²) in [6, 6.07) is 8.17. The third-order valence-electron chi connectivity index (χ3n) is 4.46. The molecule has 1 aromatic heterocycles. The zero-order valence-corrected chi connectivity index (χ0v) is 14.3. The van der Waals surface area contributed by atoms with Crippen molar-refractivity contribution in [2.45, 2.75) is 12.5 Å². The maximum Gasteiger partial charge on any atom is 0.191 e. The number of hydrogen-bond acceptors (Lipinski definition) is 5. The Morgan fingerprint density at radius 1 is 1.29 bits per heavy atom. The number of piperazine rings is 1. The first-order valence-corrected chi connectivity index (χ1v) is 9.11. The number of ether oxygens (including phenoxy) is 1. The number of benzene rings is 1. The van der Waals surface area contributed by atoms with Gasteiger partial charge in [-0.3, -0.25) is 0 Å². The number of aliphatic imine (C=N–C) groups is 1. The van der Waals surface area contributed by atoms with Crippen molar-refractivity contribution in [1.82, 2.24) is 9.88 Å². The van der Waals surface area contributed by atoms with E-state index in [-0.39, 0.29) is 6.10 Å². The Hall–Kier alpha value is -2.28. The normalized spacial score (nSPS) is 20.8. The number of para-hydroxylation sites is 1. The molecule has 126 valence electrons. The fourth-order valence-electron chi connectivity index (χ4n) is 3.15. The summed E-state index contributed by atoms with van der Waals surface area (Å²) in [5.74, 6) is 1.60. The van der Waals surface area contributed by atoms with Crippen molar-refractivity contribution in [2.24, 2.45) is 10.7 Å². The van der Waals surface area contributed by atoms with E-state index in [0.717, 1.165) is 43.5 Å². The summed E-state index contributed by atoms with van der Waals surface area (Å²) < 4.78 is 5.91. The first-order valence-electron chi connectivity index (χ1n) is 8.23. The molecule has 2 aliphatic rings. The highest BCUT2D eigenvalue weighted by molar-refractivity contribution is 7.13. The Kier molecular flexibility index (Phi) is 4.25. The van der Waals surface area contributed by atoms with Crippen LogP contribution in [-0.2, 0) is 6.42 Å². The number of thiazole rings is 1. The molecule has 2 aromatic rings. The number of fused-ring (bicyclic) bond motifs is 1. The van der Waals surface area contributed by atoms with Crippen LogP contribution in [0.5, 0.6) is 5.75 Å². The van der Waals surface area contributed by atoms with E-state index in [0.29, 0.717) is 12.5 Å². The zero-order valence-electron chi connectivity index (χ0n) is 13.5. The van der Waals surface area contributed by atoms with Crippen LogP contribution < -0.4 is 15.4 Å². The van der Waals surface area contributed by atoms with Crippen molar-refractivity contribution in [3.8, 4) is 5.75 Å². The third kappa shape index (κ3) is 3.17. The SMILES string of the molecule is NC(=NCC1Cc2ccccc2O1)N1CCN(c2nccs2)CC1. The largest absolute Gasteiger partial charge is 0.488 e. The Balaban J connectivity index is 1.29. The molecule has 0 radical (unpaired) electrons. The van der Waals surface area contributed by atoms with Crippen molar-refractivity contribution in [2.75, 3.05) is 37.6 Å². The second kappa shape index (κ2) is 6.68. The van der Waals surface area contributed by atoms with Crippen molar-refractivity contribution in [3.63, 3.8) is 0 Å². The van der Waals surface area contributed by atoms with Crippen LogP contribution in [0.2, 0.25) is 0 Å². The summed E-state index contributed by atoms with van der Waals surface area (Å²) >= 11 is 1.68. The van der Waals surface area contributed by atoms with Gasteiger partial charge in [-0.2, -0.15) is 0 Å². The minimum atomic E-state index is 0.0950. The van der Waals surface area contributed by atoms with Gasteiger partial charge in [-0.1, -0.05) is 18.2 Å². The van der Waals surface area contributed by atoms with Gasteiger partial charge in [0.15, 0.2) is 11.1 Å². The van der Waals surface area contributed by atoms with Crippen LogP contribution in [0.4, 0.5) is 5.13 Å². The molecule has 0 amide bonds. The number of rotatable bonds is 3. The lowest BCUT2D eigenvalue weighted by atomic mass is 10.1. The lowest BCUT2D eigenvalue weighted by molar-refractivity contribution is 0.241. The number of hydrogen-bond donors (Lipinski definition) is 1. The van der Waals surface area contributed by atoms with E-state index in [2.05, 4.69) is 25.8 Å². The van der Waals surface area contributed by atoms with Crippen LogP contribution in [0, 0.1) is 0 Å². The number of nitrogens with zero attached hydrogens (tertiary/aromatic N) is 4. The molecule has 0 spiro atoms. The van der Waals surface area contributed by atoms with Crippen molar-refractivity contribution in [1.29, 1.82) is 0 Å². The summed E-state index contributed by atoms with van der Waals surface area (Å²) in [5.41, 5.74) is 7.44. The van der Waals surface area contributed by atoms with Gasteiger partial charge < -0.3 is 20.3 Å². The minimum absolute atomic E-state index is 0.0950. The Bertz CT molecular complexity index is 685. The standard InChI is InChI=1S/C17H21N5OS/c18-16(20-12-14-11-13-3-1-2-4-15(13)23-14)21-6-8-22(9-7-21)17-19-5-10-24-17/h1-5,10,14H,6-9,11-12H2,(H2,18,20). The Morgan fingerprint density at radius 3 is 2.88 bits per heavy atom. The van der Waals surface area contributed by atoms with E-state index in [1.54, 1.807) is 11.3 Å². The van der Waals surface area contributed by atoms with Crippen molar-refractivity contribution >= 4 is 22.4 Å². The lowest BCUT2D eigenvalue weighted by Crippen LogP contribution is -2.51. The average Bonchev–Trinajstić information content (AvgIpc) is 3.29. The van der Waals surface area contributed by atoms with Crippen LogP contribution in [-0.4, -0.2) is 54.7 Å². The molecular weight excluding hydrogens is 322 g/mol. The van der Waals surface area contributed by atoms with Gasteiger partial charge in [0.25, 0.3) is 0 Å². The van der Waals surface area contributed by atoms with Gasteiger partial charge in [-0.05, 0) is 11.6 Å². The predicted octanol–water partition coefficient (Wildman–Crippen LogP) is 1.58. The second-order valence-corrected chi connectivity index (χ2v) is 6.91. The van der Waals surface area contributed by atoms with E-state index in [1.165, 1.54) is 5.56 Å². The van der Waals surface area contributed by atoms with Crippen LogP contribution in [0.15, 0.2) is 40.8 Å². The van der Waals surface area contributed by atoms with E-state index in [1.807, 2.05) is 29.8 Å². The second-order valence-electron chi connectivity index (χ2n) is 6.04. The molecule has 0 bridgehead atoms. The van der Waals surface area contributed by atoms with E-state index >= 15 is 0 Å². The average molecular weight is 343 g/mol. The summed E-state index contributed by atoms with van der Waals surface area (Å²) in [4.78, 5) is 13.4. The first kappa shape index (κ1) is 15.3. The molecule has 24 heavy (non-hydrogen) atoms. The van der Waals surface area contributed by atoms with Gasteiger partial charge >= 0.3 is 0 Å². The van der Waals surface area contributed by atoms with Crippen molar-refractivity contribution < 1.29 is 4.74 Å². The molecule has 1 atom stereocenters. The first-order chi connectivity index (χ1) is 11.8. The third-order valence-corrected chi connectivity index (χ3v) is 5.30. The summed E-state index contributed by atoms with van der Waals surface area (Å²) in [6.07, 6.45) is 2.85. The Labute approximate surface area is 145 Å². The minimum Gasteiger partial charge on any atom is -0.488 e. The number of aromatic nitrogens is 1. The monoisotopic (exact) mass is 343 g/mol. The molecule has 6 nitrogen and oxygen atoms in total. The molecule has 4 rings (SSSR count). The molecule has 2 aliphatic heterocycles. The lowest BCUT2D eigenvalue weighted by Gasteiger charge is -2.35. The van der Waals surface area contributed by atoms with Crippen LogP contribution in [0.25, 0.3) is 0 Å². The molecule has 3 heterocycles. The van der Waals surface area contributed by atoms with Crippen LogP contribution >= 0.6 is 11.3 Å². The summed E-state index contributed by atoms with van der Waals surface area (Å²) in [5, 5.41) is 3.10. The molecule has 1 aromatic carbocycles. The molecule has 1 fully saturated rings. The van der Waals surface area contributed by atoms with Crippen molar-refractivity contribution in [3.05, 3.63) is 41.4 Å². The quantitative estimate of drug-likeness (QED) is 0.677. The molecule has 1 unspecified atom stereocenters. The van der Waals surface area contributed by atoms with Gasteiger partial charge in [0.1, 0.15) is 11.9 Å². The van der Waals surface area contributed by atoms with E-state index in [4.69, 9.17) is 10.5 Å².